The summed E-state index contributed by atoms with van der Waals surface area (Å²) in [5.74, 6) is 1.85. The lowest BCUT2D eigenvalue weighted by atomic mass is 10.0. The number of hydrogen-bond acceptors (Lipinski definition) is 5. The molecule has 7 aromatic carbocycles. The zero-order valence-electron chi connectivity index (χ0n) is 27.1. The van der Waals surface area contributed by atoms with E-state index in [0.717, 1.165) is 55.3 Å². The van der Waals surface area contributed by atoms with Crippen molar-refractivity contribution in [3.8, 4) is 39.9 Å². The first-order chi connectivity index (χ1) is 25.3. The topological polar surface area (TPSA) is 56.7 Å². The van der Waals surface area contributed by atoms with Crippen LogP contribution in [0.15, 0.2) is 162 Å². The predicted octanol–water partition coefficient (Wildman–Crippen LogP) is 12.2. The summed E-state index contributed by atoms with van der Waals surface area (Å²) in [5.41, 5.74) is 7.69. The SMILES string of the molecule is c1ccc(-c2nc(-c3ccc4c(c3)sc3ccccc34)nc(-c3cccc4oc5cccc(-n6c7ccccc7c7ccccc76)c5c34)n2)cc1. The molecule has 11 rings (SSSR count). The molecular formula is C45H26N4OS. The molecule has 0 bridgehead atoms. The zero-order valence-corrected chi connectivity index (χ0v) is 27.9. The van der Waals surface area contributed by atoms with Crippen LogP contribution in [-0.4, -0.2) is 19.5 Å². The van der Waals surface area contributed by atoms with E-state index in [4.69, 9.17) is 19.4 Å². The molecule has 0 saturated heterocycles. The summed E-state index contributed by atoms with van der Waals surface area (Å²) in [6.07, 6.45) is 0. The molecule has 238 valence electrons. The second-order valence-electron chi connectivity index (χ2n) is 12.8. The highest BCUT2D eigenvalue weighted by Crippen LogP contribution is 2.42. The molecule has 0 aliphatic heterocycles. The molecular weight excluding hydrogens is 645 g/mol. The molecule has 6 heteroatoms. The lowest BCUT2D eigenvalue weighted by Gasteiger charge is -2.12. The quantitative estimate of drug-likeness (QED) is 0.187. The maximum atomic E-state index is 6.60. The number of fused-ring (bicyclic) bond motifs is 9. The number of benzene rings is 7. The standard InChI is InChI=1S/C45H26N4OS/c1-2-12-27(13-3-1)43-46-44(28-24-25-32-31-16-6-9-23-39(31)51-40(32)26-28)48-45(47-43)33-17-10-21-37-41(33)42-36(20-11-22-38(42)50-37)49-34-18-7-4-14-29(34)30-15-5-8-19-35(30)49/h1-26H. The maximum Gasteiger partial charge on any atom is 0.164 e. The fraction of sp³-hybridized carbons (Fsp3) is 0. The van der Waals surface area contributed by atoms with Crippen molar-refractivity contribution in [1.29, 1.82) is 0 Å². The first-order valence-corrected chi connectivity index (χ1v) is 17.8. The smallest absolute Gasteiger partial charge is 0.164 e. The summed E-state index contributed by atoms with van der Waals surface area (Å²) in [6.45, 7) is 0. The number of thiophene rings is 1. The Balaban J connectivity index is 1.19. The minimum atomic E-state index is 0.598. The number of para-hydroxylation sites is 2. The summed E-state index contributed by atoms with van der Waals surface area (Å²) in [7, 11) is 0. The molecule has 5 nitrogen and oxygen atoms in total. The van der Waals surface area contributed by atoms with Gasteiger partial charge >= 0.3 is 0 Å². The monoisotopic (exact) mass is 670 g/mol. The average molecular weight is 671 g/mol. The van der Waals surface area contributed by atoms with Crippen LogP contribution in [0, 0.1) is 0 Å². The predicted molar refractivity (Wildman–Crippen MR) is 211 cm³/mol. The molecule has 0 spiro atoms. The van der Waals surface area contributed by atoms with E-state index in [9.17, 15) is 0 Å². The Hall–Kier alpha value is -6.63. The van der Waals surface area contributed by atoms with Gasteiger partial charge in [-0.25, -0.2) is 15.0 Å². The maximum absolute atomic E-state index is 6.60. The van der Waals surface area contributed by atoms with Gasteiger partial charge < -0.3 is 8.98 Å². The van der Waals surface area contributed by atoms with Crippen LogP contribution in [0.3, 0.4) is 0 Å². The molecule has 0 atom stereocenters. The van der Waals surface area contributed by atoms with Gasteiger partial charge in [-0.2, -0.15) is 0 Å². The third-order valence-corrected chi connectivity index (χ3v) is 11.0. The van der Waals surface area contributed by atoms with Crippen molar-refractivity contribution >= 4 is 75.3 Å². The van der Waals surface area contributed by atoms with Gasteiger partial charge in [0.05, 0.1) is 22.1 Å². The van der Waals surface area contributed by atoms with Crippen LogP contribution in [0.2, 0.25) is 0 Å². The van der Waals surface area contributed by atoms with Crippen LogP contribution < -0.4 is 0 Å². The van der Waals surface area contributed by atoms with E-state index in [1.165, 1.54) is 30.9 Å². The van der Waals surface area contributed by atoms with Crippen LogP contribution in [-0.2, 0) is 0 Å². The van der Waals surface area contributed by atoms with E-state index < -0.39 is 0 Å². The molecule has 4 aromatic heterocycles. The molecule has 0 N–H and O–H groups in total. The van der Waals surface area contributed by atoms with Gasteiger partial charge in [-0.1, -0.05) is 115 Å². The first kappa shape index (κ1) is 28.2. The highest BCUT2D eigenvalue weighted by molar-refractivity contribution is 7.25. The summed E-state index contributed by atoms with van der Waals surface area (Å²) in [6, 6.07) is 54.9. The van der Waals surface area contributed by atoms with Gasteiger partial charge in [0.2, 0.25) is 0 Å². The van der Waals surface area contributed by atoms with E-state index in [-0.39, 0.29) is 0 Å². The van der Waals surface area contributed by atoms with Crippen molar-refractivity contribution < 1.29 is 4.42 Å². The third kappa shape index (κ3) is 4.30. The van der Waals surface area contributed by atoms with Crippen molar-refractivity contribution in [1.82, 2.24) is 19.5 Å². The van der Waals surface area contributed by atoms with Crippen molar-refractivity contribution in [2.75, 3.05) is 0 Å². The fourth-order valence-electron chi connectivity index (χ4n) is 7.61. The lowest BCUT2D eigenvalue weighted by Crippen LogP contribution is -2.00. The van der Waals surface area contributed by atoms with E-state index >= 15 is 0 Å². The summed E-state index contributed by atoms with van der Waals surface area (Å²) < 4.78 is 11.4. The Morgan fingerprint density at radius 1 is 0.431 bits per heavy atom. The number of hydrogen-bond donors (Lipinski definition) is 0. The summed E-state index contributed by atoms with van der Waals surface area (Å²) >= 11 is 1.79. The zero-order chi connectivity index (χ0) is 33.5. The Morgan fingerprint density at radius 2 is 1.04 bits per heavy atom. The minimum Gasteiger partial charge on any atom is -0.456 e. The van der Waals surface area contributed by atoms with Crippen LogP contribution in [0.25, 0.3) is 104 Å². The average Bonchev–Trinajstić information content (AvgIpc) is 3.87. The largest absolute Gasteiger partial charge is 0.456 e. The Bertz CT molecular complexity index is 3100. The molecule has 0 amide bonds. The van der Waals surface area contributed by atoms with E-state index in [2.05, 4.69) is 114 Å². The number of nitrogens with zero attached hydrogens (tertiary/aromatic N) is 4. The number of rotatable bonds is 4. The van der Waals surface area contributed by atoms with Gasteiger partial charge in [-0.05, 0) is 42.5 Å². The van der Waals surface area contributed by atoms with Crippen molar-refractivity contribution in [2.24, 2.45) is 0 Å². The second-order valence-corrected chi connectivity index (χ2v) is 13.9. The molecule has 51 heavy (non-hydrogen) atoms. The number of furan rings is 1. The molecule has 0 aliphatic rings. The lowest BCUT2D eigenvalue weighted by molar-refractivity contribution is 0.669. The number of aromatic nitrogens is 4. The van der Waals surface area contributed by atoms with Crippen LogP contribution in [0.5, 0.6) is 0 Å². The second kappa shape index (κ2) is 10.9. The molecule has 0 aliphatic carbocycles. The van der Waals surface area contributed by atoms with Gasteiger partial charge in [0, 0.05) is 53.0 Å². The van der Waals surface area contributed by atoms with Crippen LogP contribution >= 0.6 is 11.3 Å². The Morgan fingerprint density at radius 3 is 1.82 bits per heavy atom. The highest BCUT2D eigenvalue weighted by atomic mass is 32.1. The molecule has 4 heterocycles. The first-order valence-electron chi connectivity index (χ1n) is 16.9. The van der Waals surface area contributed by atoms with E-state index in [1.54, 1.807) is 11.3 Å². The fourth-order valence-corrected chi connectivity index (χ4v) is 8.76. The molecule has 0 saturated carbocycles. The van der Waals surface area contributed by atoms with Gasteiger partial charge in [0.25, 0.3) is 0 Å². The van der Waals surface area contributed by atoms with E-state index in [1.807, 2.05) is 48.5 Å². The summed E-state index contributed by atoms with van der Waals surface area (Å²) in [5, 5.41) is 6.92. The van der Waals surface area contributed by atoms with Gasteiger partial charge in [0.15, 0.2) is 17.5 Å². The van der Waals surface area contributed by atoms with Crippen LogP contribution in [0.1, 0.15) is 0 Å². The third-order valence-electron chi connectivity index (χ3n) is 9.87. The van der Waals surface area contributed by atoms with Gasteiger partial charge in [0.1, 0.15) is 11.2 Å². The van der Waals surface area contributed by atoms with Crippen molar-refractivity contribution in [3.63, 3.8) is 0 Å². The molecule has 0 radical (unpaired) electrons. The molecule has 11 aromatic rings. The van der Waals surface area contributed by atoms with Crippen molar-refractivity contribution in [3.05, 3.63) is 158 Å². The Labute approximate surface area is 295 Å². The van der Waals surface area contributed by atoms with Gasteiger partial charge in [-0.3, -0.25) is 0 Å². The molecule has 0 unspecified atom stereocenters. The Kier molecular flexibility index (Phi) is 6.05. The molecule has 0 fully saturated rings. The van der Waals surface area contributed by atoms with Crippen molar-refractivity contribution in [2.45, 2.75) is 0 Å². The normalized spacial score (nSPS) is 11.9. The highest BCUT2D eigenvalue weighted by Gasteiger charge is 2.22. The van der Waals surface area contributed by atoms with E-state index in [0.29, 0.717) is 17.5 Å². The minimum absolute atomic E-state index is 0.598. The van der Waals surface area contributed by atoms with Gasteiger partial charge in [-0.15, -0.1) is 11.3 Å². The van der Waals surface area contributed by atoms with Crippen LogP contribution in [0.4, 0.5) is 0 Å². The summed E-state index contributed by atoms with van der Waals surface area (Å²) in [4.78, 5) is 15.5.